The van der Waals surface area contributed by atoms with Crippen LogP contribution in [0.1, 0.15) is 44.1 Å². The highest BCUT2D eigenvalue weighted by Gasteiger charge is 2.14. The van der Waals surface area contributed by atoms with Gasteiger partial charge < -0.3 is 14.8 Å². The SMILES string of the molecule is Cc1cc(C)c(Cc2ccc(C(=O)Nc3ccccc3CO)o2)c(C)c1. The first kappa shape index (κ1) is 18.0. The fraction of sp³-hybridized carbons (Fsp3) is 0.227. The van der Waals surface area contributed by atoms with E-state index in [1.165, 1.54) is 22.3 Å². The minimum Gasteiger partial charge on any atom is -0.456 e. The average molecular weight is 349 g/mol. The molecular weight excluding hydrogens is 326 g/mol. The van der Waals surface area contributed by atoms with Crippen LogP contribution in [0.5, 0.6) is 0 Å². The van der Waals surface area contributed by atoms with Crippen LogP contribution in [-0.4, -0.2) is 11.0 Å². The predicted octanol–water partition coefficient (Wildman–Crippen LogP) is 4.54. The topological polar surface area (TPSA) is 62.5 Å². The van der Waals surface area contributed by atoms with Gasteiger partial charge in [-0.3, -0.25) is 4.79 Å². The van der Waals surface area contributed by atoms with E-state index in [9.17, 15) is 9.90 Å². The molecule has 2 aromatic carbocycles. The highest BCUT2D eigenvalue weighted by molar-refractivity contribution is 6.02. The Labute approximate surface area is 153 Å². The number of hydrogen-bond acceptors (Lipinski definition) is 3. The Morgan fingerprint density at radius 2 is 1.73 bits per heavy atom. The zero-order valence-corrected chi connectivity index (χ0v) is 15.3. The third-order valence-corrected chi connectivity index (χ3v) is 4.51. The van der Waals surface area contributed by atoms with E-state index in [-0.39, 0.29) is 18.3 Å². The fourth-order valence-electron chi connectivity index (χ4n) is 3.22. The maximum absolute atomic E-state index is 12.4. The van der Waals surface area contributed by atoms with E-state index >= 15 is 0 Å². The second-order valence-corrected chi connectivity index (χ2v) is 6.59. The predicted molar refractivity (Wildman–Crippen MR) is 102 cm³/mol. The Balaban J connectivity index is 1.77. The minimum absolute atomic E-state index is 0.133. The van der Waals surface area contributed by atoms with E-state index in [1.807, 2.05) is 18.2 Å². The van der Waals surface area contributed by atoms with Crippen LogP contribution >= 0.6 is 0 Å². The van der Waals surface area contributed by atoms with Crippen LogP contribution in [0.4, 0.5) is 5.69 Å². The first-order valence-corrected chi connectivity index (χ1v) is 8.63. The first-order chi connectivity index (χ1) is 12.5. The number of benzene rings is 2. The van der Waals surface area contributed by atoms with Crippen molar-refractivity contribution in [1.82, 2.24) is 0 Å². The standard InChI is InChI=1S/C22H23NO3/c1-14-10-15(2)19(16(3)11-14)12-18-8-9-21(26-18)22(25)23-20-7-5-4-6-17(20)13-24/h4-11,24H,12-13H2,1-3H3,(H,23,25). The maximum Gasteiger partial charge on any atom is 0.291 e. The molecule has 1 heterocycles. The van der Waals surface area contributed by atoms with Crippen LogP contribution in [0, 0.1) is 20.8 Å². The van der Waals surface area contributed by atoms with Gasteiger partial charge in [0, 0.05) is 17.7 Å². The molecule has 1 amide bonds. The molecule has 0 atom stereocenters. The van der Waals surface area contributed by atoms with Crippen LogP contribution in [-0.2, 0) is 13.0 Å². The van der Waals surface area contributed by atoms with Gasteiger partial charge in [-0.2, -0.15) is 0 Å². The summed E-state index contributed by atoms with van der Waals surface area (Å²) in [6.45, 7) is 6.14. The number of hydrogen-bond donors (Lipinski definition) is 2. The number of furan rings is 1. The van der Waals surface area contributed by atoms with Gasteiger partial charge in [0.2, 0.25) is 0 Å². The number of aliphatic hydroxyl groups is 1. The van der Waals surface area contributed by atoms with Crippen LogP contribution in [0.15, 0.2) is 52.9 Å². The Morgan fingerprint density at radius 3 is 2.42 bits per heavy atom. The average Bonchev–Trinajstić information content (AvgIpc) is 3.07. The molecule has 0 bridgehead atoms. The Kier molecular flexibility index (Phi) is 5.24. The molecule has 134 valence electrons. The van der Waals surface area contributed by atoms with Crippen LogP contribution in [0.25, 0.3) is 0 Å². The molecule has 0 unspecified atom stereocenters. The summed E-state index contributed by atoms with van der Waals surface area (Å²) < 4.78 is 5.76. The van der Waals surface area contributed by atoms with Gasteiger partial charge in [-0.05, 0) is 55.7 Å². The van der Waals surface area contributed by atoms with Gasteiger partial charge >= 0.3 is 0 Å². The third kappa shape index (κ3) is 3.86. The molecule has 3 aromatic rings. The molecule has 26 heavy (non-hydrogen) atoms. The summed E-state index contributed by atoms with van der Waals surface area (Å²) in [4.78, 5) is 12.4. The van der Waals surface area contributed by atoms with Crippen molar-refractivity contribution in [1.29, 1.82) is 0 Å². The zero-order chi connectivity index (χ0) is 18.7. The Bertz CT molecular complexity index is 917. The Hall–Kier alpha value is -2.85. The molecule has 0 aliphatic rings. The van der Waals surface area contributed by atoms with E-state index in [2.05, 4.69) is 38.2 Å². The van der Waals surface area contributed by atoms with Crippen LogP contribution < -0.4 is 5.32 Å². The zero-order valence-electron chi connectivity index (χ0n) is 15.3. The Morgan fingerprint density at radius 1 is 1.04 bits per heavy atom. The van der Waals surface area contributed by atoms with Crippen LogP contribution in [0.2, 0.25) is 0 Å². The number of nitrogens with one attached hydrogen (secondary N) is 1. The summed E-state index contributed by atoms with van der Waals surface area (Å²) in [5.41, 5.74) is 6.17. The van der Waals surface area contributed by atoms with Gasteiger partial charge in [-0.1, -0.05) is 35.9 Å². The van der Waals surface area contributed by atoms with Gasteiger partial charge in [0.15, 0.2) is 5.76 Å². The quantitative estimate of drug-likeness (QED) is 0.711. The normalized spacial score (nSPS) is 10.8. The molecule has 0 spiro atoms. The summed E-state index contributed by atoms with van der Waals surface area (Å²) in [5, 5.41) is 12.2. The van der Waals surface area contributed by atoms with E-state index in [0.717, 1.165) is 5.76 Å². The van der Waals surface area contributed by atoms with E-state index in [4.69, 9.17) is 4.42 Å². The molecule has 1 aromatic heterocycles. The summed E-state index contributed by atoms with van der Waals surface area (Å²) >= 11 is 0. The highest BCUT2D eigenvalue weighted by atomic mass is 16.3. The minimum atomic E-state index is -0.325. The number of carbonyl (C=O) groups excluding carboxylic acids is 1. The molecule has 0 fully saturated rings. The lowest BCUT2D eigenvalue weighted by molar-refractivity contribution is 0.0995. The van der Waals surface area contributed by atoms with Gasteiger partial charge in [-0.25, -0.2) is 0 Å². The highest BCUT2D eigenvalue weighted by Crippen LogP contribution is 2.22. The summed E-state index contributed by atoms with van der Waals surface area (Å²) in [6, 6.07) is 15.0. The third-order valence-electron chi connectivity index (χ3n) is 4.51. The van der Waals surface area contributed by atoms with Crippen molar-refractivity contribution in [2.45, 2.75) is 33.8 Å². The van der Waals surface area contributed by atoms with Crippen molar-refractivity contribution in [3.63, 3.8) is 0 Å². The summed E-state index contributed by atoms with van der Waals surface area (Å²) in [7, 11) is 0. The van der Waals surface area contributed by atoms with Crippen molar-refractivity contribution in [3.05, 3.63) is 87.9 Å². The van der Waals surface area contributed by atoms with Gasteiger partial charge in [0.05, 0.1) is 6.61 Å². The molecule has 0 saturated carbocycles. The lowest BCUT2D eigenvalue weighted by atomic mass is 9.97. The molecule has 0 saturated heterocycles. The number of aryl methyl sites for hydroxylation is 3. The first-order valence-electron chi connectivity index (χ1n) is 8.63. The lowest BCUT2D eigenvalue weighted by Gasteiger charge is -2.10. The van der Waals surface area contributed by atoms with Crippen molar-refractivity contribution >= 4 is 11.6 Å². The smallest absolute Gasteiger partial charge is 0.291 e. The number of rotatable bonds is 5. The molecular formula is C22H23NO3. The largest absolute Gasteiger partial charge is 0.456 e. The number of para-hydroxylation sites is 1. The molecule has 0 aliphatic carbocycles. The number of anilines is 1. The van der Waals surface area contributed by atoms with E-state index in [1.54, 1.807) is 18.2 Å². The molecule has 0 radical (unpaired) electrons. The van der Waals surface area contributed by atoms with Crippen molar-refractivity contribution in [3.8, 4) is 0 Å². The fourth-order valence-corrected chi connectivity index (χ4v) is 3.22. The molecule has 4 heteroatoms. The van der Waals surface area contributed by atoms with E-state index < -0.39 is 0 Å². The van der Waals surface area contributed by atoms with Gasteiger partial charge in [-0.15, -0.1) is 0 Å². The van der Waals surface area contributed by atoms with Crippen LogP contribution in [0.3, 0.4) is 0 Å². The molecule has 3 rings (SSSR count). The number of aliphatic hydroxyl groups excluding tert-OH is 1. The van der Waals surface area contributed by atoms with E-state index in [0.29, 0.717) is 17.7 Å². The van der Waals surface area contributed by atoms with Crippen molar-refractivity contribution in [2.75, 3.05) is 5.32 Å². The molecule has 4 nitrogen and oxygen atoms in total. The second kappa shape index (κ2) is 7.58. The molecule has 0 aliphatic heterocycles. The molecule has 2 N–H and O–H groups in total. The lowest BCUT2D eigenvalue weighted by Crippen LogP contribution is -2.12. The van der Waals surface area contributed by atoms with Crippen molar-refractivity contribution in [2.24, 2.45) is 0 Å². The summed E-state index contributed by atoms with van der Waals surface area (Å²) in [6.07, 6.45) is 0.651. The monoisotopic (exact) mass is 349 g/mol. The summed E-state index contributed by atoms with van der Waals surface area (Å²) in [5.74, 6) is 0.685. The number of carbonyl (C=O) groups is 1. The van der Waals surface area contributed by atoms with Crippen molar-refractivity contribution < 1.29 is 14.3 Å². The second-order valence-electron chi connectivity index (χ2n) is 6.59. The van der Waals surface area contributed by atoms with Gasteiger partial charge in [0.1, 0.15) is 5.76 Å². The van der Waals surface area contributed by atoms with Gasteiger partial charge in [0.25, 0.3) is 5.91 Å². The number of amides is 1. The maximum atomic E-state index is 12.4.